The molecule has 0 spiro atoms. The Balaban J connectivity index is 2.18. The standard InChI is InChI=1S/C20H15ClFNO5/c21-12-7-5-11(6-8-12)18(26)16-17(13-3-1-2-4-14(13)22)23(10-9-15(24)25)20(28)19(16)27/h1-8,17,26H,9-10H2,(H,24,25)/b18-16+/t17-/m0/s1. The third kappa shape index (κ3) is 3.61. The van der Waals surface area contributed by atoms with Crippen LogP contribution in [-0.2, 0) is 14.4 Å². The van der Waals surface area contributed by atoms with Gasteiger partial charge in [0.2, 0.25) is 0 Å². The molecular formula is C20H15ClFNO5. The van der Waals surface area contributed by atoms with E-state index < -0.39 is 41.7 Å². The molecular weight excluding hydrogens is 389 g/mol. The Morgan fingerprint density at radius 3 is 2.32 bits per heavy atom. The fourth-order valence-corrected chi connectivity index (χ4v) is 3.24. The molecule has 0 saturated carbocycles. The van der Waals surface area contributed by atoms with Crippen LogP contribution < -0.4 is 0 Å². The Hall–Kier alpha value is -3.19. The van der Waals surface area contributed by atoms with Crippen molar-refractivity contribution in [1.82, 2.24) is 4.90 Å². The summed E-state index contributed by atoms with van der Waals surface area (Å²) in [6, 6.07) is 10.2. The van der Waals surface area contributed by atoms with E-state index in [-0.39, 0.29) is 23.2 Å². The second-order valence-corrected chi connectivity index (χ2v) is 6.60. The molecule has 1 atom stereocenters. The van der Waals surface area contributed by atoms with Crippen molar-refractivity contribution in [2.75, 3.05) is 6.54 Å². The lowest BCUT2D eigenvalue weighted by atomic mass is 9.95. The molecule has 1 aliphatic rings. The highest BCUT2D eigenvalue weighted by Gasteiger charge is 2.46. The predicted molar refractivity (Wildman–Crippen MR) is 99.1 cm³/mol. The van der Waals surface area contributed by atoms with Crippen molar-refractivity contribution in [3.05, 3.63) is 76.1 Å². The summed E-state index contributed by atoms with van der Waals surface area (Å²) in [6.45, 7) is -0.309. The Labute approximate surface area is 164 Å². The molecule has 0 unspecified atom stereocenters. The monoisotopic (exact) mass is 403 g/mol. The lowest BCUT2D eigenvalue weighted by molar-refractivity contribution is -0.142. The first kappa shape index (κ1) is 19.6. The molecule has 0 aromatic heterocycles. The second kappa shape index (κ2) is 7.82. The molecule has 1 aliphatic heterocycles. The van der Waals surface area contributed by atoms with E-state index in [1.807, 2.05) is 0 Å². The molecule has 8 heteroatoms. The first-order chi connectivity index (χ1) is 13.3. The van der Waals surface area contributed by atoms with E-state index in [9.17, 15) is 23.9 Å². The summed E-state index contributed by atoms with van der Waals surface area (Å²) in [5.74, 6) is -4.35. The number of ketones is 1. The minimum absolute atomic E-state index is 0.0115. The van der Waals surface area contributed by atoms with Gasteiger partial charge in [-0.15, -0.1) is 0 Å². The third-order valence-corrected chi connectivity index (χ3v) is 4.68. The number of benzene rings is 2. The van der Waals surface area contributed by atoms with Gasteiger partial charge in [-0.2, -0.15) is 0 Å². The molecule has 1 saturated heterocycles. The summed E-state index contributed by atoms with van der Waals surface area (Å²) in [6.07, 6.45) is -0.432. The van der Waals surface area contributed by atoms with Gasteiger partial charge in [0.05, 0.1) is 18.0 Å². The topological polar surface area (TPSA) is 94.9 Å². The van der Waals surface area contributed by atoms with Crippen LogP contribution in [0.1, 0.15) is 23.6 Å². The number of amides is 1. The SMILES string of the molecule is O=C(O)CCN1C(=O)C(=O)/C(=C(/O)c2ccc(Cl)cc2)[C@@H]1c1ccccc1F. The fraction of sp³-hybridized carbons (Fsp3) is 0.150. The van der Waals surface area contributed by atoms with E-state index >= 15 is 0 Å². The molecule has 3 rings (SSSR count). The molecule has 0 bridgehead atoms. The lowest BCUT2D eigenvalue weighted by Crippen LogP contribution is -2.32. The van der Waals surface area contributed by atoms with Gasteiger partial charge in [0.25, 0.3) is 11.7 Å². The zero-order valence-electron chi connectivity index (χ0n) is 14.4. The van der Waals surface area contributed by atoms with Crippen molar-refractivity contribution < 1.29 is 29.0 Å². The Bertz CT molecular complexity index is 986. The van der Waals surface area contributed by atoms with Gasteiger partial charge < -0.3 is 15.1 Å². The number of hydrogen-bond donors (Lipinski definition) is 2. The largest absolute Gasteiger partial charge is 0.507 e. The van der Waals surface area contributed by atoms with Crippen LogP contribution in [-0.4, -0.2) is 39.3 Å². The maximum absolute atomic E-state index is 14.5. The van der Waals surface area contributed by atoms with Crippen LogP contribution in [0.3, 0.4) is 0 Å². The van der Waals surface area contributed by atoms with E-state index in [4.69, 9.17) is 16.7 Å². The normalized spacial score (nSPS) is 18.5. The van der Waals surface area contributed by atoms with Gasteiger partial charge in [-0.05, 0) is 30.3 Å². The first-order valence-electron chi connectivity index (χ1n) is 8.32. The number of carboxylic acid groups (broad SMARTS) is 1. The van der Waals surface area contributed by atoms with Crippen LogP contribution in [0.25, 0.3) is 5.76 Å². The van der Waals surface area contributed by atoms with Crippen LogP contribution in [0.4, 0.5) is 4.39 Å². The second-order valence-electron chi connectivity index (χ2n) is 6.16. The summed E-state index contributed by atoms with van der Waals surface area (Å²) < 4.78 is 14.5. The highest BCUT2D eigenvalue weighted by atomic mass is 35.5. The van der Waals surface area contributed by atoms with Crippen LogP contribution in [0.2, 0.25) is 5.02 Å². The van der Waals surface area contributed by atoms with E-state index in [0.29, 0.717) is 5.02 Å². The molecule has 0 radical (unpaired) electrons. The van der Waals surface area contributed by atoms with Crippen molar-refractivity contribution >= 4 is 35.0 Å². The lowest BCUT2D eigenvalue weighted by Gasteiger charge is -2.25. The molecule has 1 heterocycles. The van der Waals surface area contributed by atoms with Crippen molar-refractivity contribution in [3.8, 4) is 0 Å². The number of likely N-dealkylation sites (tertiary alicyclic amines) is 1. The number of carboxylic acids is 1. The quantitative estimate of drug-likeness (QED) is 0.453. The smallest absolute Gasteiger partial charge is 0.305 e. The van der Waals surface area contributed by atoms with Crippen LogP contribution in [0.5, 0.6) is 0 Å². The number of aliphatic carboxylic acids is 1. The average Bonchev–Trinajstić information content (AvgIpc) is 2.91. The van der Waals surface area contributed by atoms with Gasteiger partial charge in [-0.25, -0.2) is 4.39 Å². The summed E-state index contributed by atoms with van der Waals surface area (Å²) in [7, 11) is 0. The number of hydrogen-bond acceptors (Lipinski definition) is 4. The summed E-state index contributed by atoms with van der Waals surface area (Å²) in [5.41, 5.74) is -0.0904. The summed E-state index contributed by atoms with van der Waals surface area (Å²) in [4.78, 5) is 37.1. The average molecular weight is 404 g/mol. The van der Waals surface area contributed by atoms with Crippen LogP contribution in [0.15, 0.2) is 54.1 Å². The highest BCUT2D eigenvalue weighted by molar-refractivity contribution is 6.46. The molecule has 2 N–H and O–H groups in total. The molecule has 2 aromatic carbocycles. The van der Waals surface area contributed by atoms with E-state index in [2.05, 4.69) is 0 Å². The molecule has 1 fully saturated rings. The van der Waals surface area contributed by atoms with Crippen molar-refractivity contribution in [2.24, 2.45) is 0 Å². The van der Waals surface area contributed by atoms with Crippen LogP contribution in [0, 0.1) is 5.82 Å². The maximum Gasteiger partial charge on any atom is 0.305 e. The molecule has 1 amide bonds. The summed E-state index contributed by atoms with van der Waals surface area (Å²) in [5, 5.41) is 20.1. The highest BCUT2D eigenvalue weighted by Crippen LogP contribution is 2.40. The molecule has 144 valence electrons. The molecule has 28 heavy (non-hydrogen) atoms. The van der Waals surface area contributed by atoms with Crippen molar-refractivity contribution in [3.63, 3.8) is 0 Å². The Morgan fingerprint density at radius 2 is 1.71 bits per heavy atom. The summed E-state index contributed by atoms with van der Waals surface area (Å²) >= 11 is 5.84. The number of aliphatic hydroxyl groups is 1. The predicted octanol–water partition coefficient (Wildman–Crippen LogP) is 3.38. The van der Waals surface area contributed by atoms with E-state index in [1.54, 1.807) is 0 Å². The fourth-order valence-electron chi connectivity index (χ4n) is 3.11. The number of carbonyl (C=O) groups is 3. The van der Waals surface area contributed by atoms with Gasteiger partial charge in [-0.1, -0.05) is 29.8 Å². The van der Waals surface area contributed by atoms with Gasteiger partial charge in [0.15, 0.2) is 0 Å². The van der Waals surface area contributed by atoms with Crippen molar-refractivity contribution in [2.45, 2.75) is 12.5 Å². The van der Waals surface area contributed by atoms with E-state index in [0.717, 1.165) is 11.0 Å². The maximum atomic E-state index is 14.5. The number of nitrogens with zero attached hydrogens (tertiary/aromatic N) is 1. The minimum Gasteiger partial charge on any atom is -0.507 e. The van der Waals surface area contributed by atoms with Crippen LogP contribution >= 0.6 is 11.6 Å². The van der Waals surface area contributed by atoms with Crippen molar-refractivity contribution in [1.29, 1.82) is 0 Å². The number of Topliss-reactive ketones (excluding diaryl/α,β-unsaturated/α-hetero) is 1. The van der Waals surface area contributed by atoms with Gasteiger partial charge in [-0.3, -0.25) is 14.4 Å². The molecule has 0 aliphatic carbocycles. The third-order valence-electron chi connectivity index (χ3n) is 4.42. The first-order valence-corrected chi connectivity index (χ1v) is 8.69. The number of halogens is 2. The molecule has 2 aromatic rings. The number of rotatable bonds is 5. The molecule has 6 nitrogen and oxygen atoms in total. The number of aliphatic hydroxyl groups excluding tert-OH is 1. The number of carbonyl (C=O) groups excluding carboxylic acids is 2. The van der Waals surface area contributed by atoms with Gasteiger partial charge in [0, 0.05) is 22.7 Å². The zero-order valence-corrected chi connectivity index (χ0v) is 15.2. The minimum atomic E-state index is -1.24. The zero-order chi connectivity index (χ0) is 20.4. The van der Waals surface area contributed by atoms with Gasteiger partial charge in [0.1, 0.15) is 11.6 Å². The Kier molecular flexibility index (Phi) is 5.46. The Morgan fingerprint density at radius 1 is 1.07 bits per heavy atom. The van der Waals surface area contributed by atoms with E-state index in [1.165, 1.54) is 42.5 Å². The van der Waals surface area contributed by atoms with Gasteiger partial charge >= 0.3 is 5.97 Å².